The fourth-order valence-electron chi connectivity index (χ4n) is 2.69. The molecule has 10 nitrogen and oxygen atoms in total. The highest BCUT2D eigenvalue weighted by Gasteiger charge is 2.37. The number of aromatic nitrogens is 4. The smallest absolute Gasteiger partial charge is 0.333 e. The van der Waals surface area contributed by atoms with E-state index in [-0.39, 0.29) is 13.0 Å². The van der Waals surface area contributed by atoms with E-state index in [4.69, 9.17) is 9.88 Å². The third-order valence-corrected chi connectivity index (χ3v) is 4.19. The fourth-order valence-corrected chi connectivity index (χ4v) is 3.02. The van der Waals surface area contributed by atoms with Crippen molar-refractivity contribution in [2.45, 2.75) is 38.7 Å². The van der Waals surface area contributed by atoms with Gasteiger partial charge in [-0.25, -0.2) is 19.8 Å². The van der Waals surface area contributed by atoms with Gasteiger partial charge in [-0.2, -0.15) is 13.5 Å². The molecular formula is C12H17N5O5S. The highest BCUT2D eigenvalue weighted by molar-refractivity contribution is 7.84. The van der Waals surface area contributed by atoms with Gasteiger partial charge in [0.2, 0.25) is 0 Å². The van der Waals surface area contributed by atoms with Crippen LogP contribution in [0.4, 0.5) is 0 Å². The third-order valence-electron chi connectivity index (χ3n) is 3.73. The average Bonchev–Trinajstić information content (AvgIpc) is 2.98. The van der Waals surface area contributed by atoms with E-state index in [1.54, 1.807) is 4.68 Å². The molecule has 126 valence electrons. The van der Waals surface area contributed by atoms with Crippen LogP contribution >= 0.6 is 0 Å². The number of aliphatic hydroxyl groups excluding tert-OH is 1. The number of nitrogens with zero attached hydrogens (tertiary/aromatic N) is 4. The van der Waals surface area contributed by atoms with Crippen molar-refractivity contribution >= 4 is 21.3 Å². The van der Waals surface area contributed by atoms with E-state index in [1.165, 1.54) is 6.33 Å². The molecule has 2 aromatic rings. The van der Waals surface area contributed by atoms with Crippen LogP contribution in [0.15, 0.2) is 6.33 Å². The minimum atomic E-state index is -4.09. The Hall–Kier alpha value is -1.66. The molecule has 0 saturated carbocycles. The number of hydrogen-bond acceptors (Lipinski definition) is 8. The van der Waals surface area contributed by atoms with Crippen molar-refractivity contribution in [3.63, 3.8) is 0 Å². The summed E-state index contributed by atoms with van der Waals surface area (Å²) < 4.78 is 33.4. The molecule has 1 aliphatic rings. The molecule has 3 heterocycles. The Kier molecular flexibility index (Phi) is 4.06. The van der Waals surface area contributed by atoms with Crippen molar-refractivity contribution in [2.24, 2.45) is 5.14 Å². The number of aliphatic hydroxyl groups is 1. The second-order valence-corrected chi connectivity index (χ2v) is 6.62. The lowest BCUT2D eigenvalue weighted by Gasteiger charge is -2.14. The first-order valence-corrected chi connectivity index (χ1v) is 8.40. The number of hydrogen-bond donors (Lipinski definition) is 2. The SMILES string of the molecule is Cc1ncnc2c1c(C)nn2[C@H]1C[C@H](O)[C@@H](COS(N)(=O)=O)O1. The molecule has 0 unspecified atom stereocenters. The number of aryl methyl sites for hydroxylation is 2. The normalized spacial score (nSPS) is 25.3. The van der Waals surface area contributed by atoms with Crippen molar-refractivity contribution in [3.8, 4) is 0 Å². The molecule has 0 spiro atoms. The van der Waals surface area contributed by atoms with Crippen molar-refractivity contribution < 1.29 is 22.4 Å². The van der Waals surface area contributed by atoms with Crippen LogP contribution in [-0.4, -0.2) is 52.1 Å². The fraction of sp³-hybridized carbons (Fsp3) is 0.583. The second kappa shape index (κ2) is 5.76. The van der Waals surface area contributed by atoms with E-state index < -0.39 is 28.7 Å². The summed E-state index contributed by atoms with van der Waals surface area (Å²) in [6, 6.07) is 0. The van der Waals surface area contributed by atoms with Gasteiger partial charge in [0.05, 0.1) is 29.5 Å². The predicted molar refractivity (Wildman–Crippen MR) is 78.4 cm³/mol. The van der Waals surface area contributed by atoms with Crippen LogP contribution in [0.2, 0.25) is 0 Å². The summed E-state index contributed by atoms with van der Waals surface area (Å²) in [5.41, 5.74) is 2.15. The maximum Gasteiger partial charge on any atom is 0.333 e. The molecule has 0 bridgehead atoms. The minimum Gasteiger partial charge on any atom is -0.390 e. The Morgan fingerprint density at radius 2 is 2.17 bits per heavy atom. The van der Waals surface area contributed by atoms with E-state index in [9.17, 15) is 13.5 Å². The highest BCUT2D eigenvalue weighted by Crippen LogP contribution is 2.32. The molecule has 3 N–H and O–H groups in total. The summed E-state index contributed by atoms with van der Waals surface area (Å²) in [7, 11) is -4.09. The molecule has 1 fully saturated rings. The first-order valence-electron chi connectivity index (χ1n) is 6.93. The Bertz CT molecular complexity index is 836. The van der Waals surface area contributed by atoms with Crippen LogP contribution in [0, 0.1) is 13.8 Å². The maximum atomic E-state index is 10.8. The summed E-state index contributed by atoms with van der Waals surface area (Å²) in [5, 5.41) is 20.0. The minimum absolute atomic E-state index is 0.234. The van der Waals surface area contributed by atoms with Crippen LogP contribution in [0.3, 0.4) is 0 Å². The molecule has 0 aromatic carbocycles. The molecule has 3 rings (SSSR count). The lowest BCUT2D eigenvalue weighted by molar-refractivity contribution is -0.0412. The number of rotatable bonds is 4. The lowest BCUT2D eigenvalue weighted by Crippen LogP contribution is -2.30. The van der Waals surface area contributed by atoms with Crippen LogP contribution in [0.1, 0.15) is 24.0 Å². The standard InChI is InChI=1S/C12H17N5O5S/c1-6-11-7(2)16-17(12(11)15-5-14-6)10-3-8(18)9(22-10)4-21-23(13,19)20/h5,8-10,18H,3-4H2,1-2H3,(H2,13,19,20)/t8-,9+,10+/m0/s1. The molecule has 3 atom stereocenters. The second-order valence-electron chi connectivity index (χ2n) is 5.40. The van der Waals surface area contributed by atoms with Crippen molar-refractivity contribution in [2.75, 3.05) is 6.61 Å². The molecule has 1 saturated heterocycles. The van der Waals surface area contributed by atoms with Gasteiger partial charge >= 0.3 is 10.3 Å². The van der Waals surface area contributed by atoms with E-state index in [0.717, 1.165) is 16.8 Å². The monoisotopic (exact) mass is 343 g/mol. The largest absolute Gasteiger partial charge is 0.390 e. The van der Waals surface area contributed by atoms with Gasteiger partial charge in [-0.3, -0.25) is 4.18 Å². The van der Waals surface area contributed by atoms with Gasteiger partial charge in [-0.1, -0.05) is 0 Å². The molecule has 0 amide bonds. The molecule has 23 heavy (non-hydrogen) atoms. The van der Waals surface area contributed by atoms with E-state index >= 15 is 0 Å². The van der Waals surface area contributed by atoms with Crippen molar-refractivity contribution in [1.82, 2.24) is 19.7 Å². The quantitative estimate of drug-likeness (QED) is 0.743. The zero-order chi connectivity index (χ0) is 16.8. The maximum absolute atomic E-state index is 10.8. The Labute approximate surface area is 132 Å². The van der Waals surface area contributed by atoms with Crippen LogP contribution < -0.4 is 5.14 Å². The number of ether oxygens (including phenoxy) is 1. The molecule has 0 radical (unpaired) electrons. The first kappa shape index (κ1) is 16.2. The first-order chi connectivity index (χ1) is 10.8. The lowest BCUT2D eigenvalue weighted by atomic mass is 10.2. The molecule has 11 heteroatoms. The zero-order valence-electron chi connectivity index (χ0n) is 12.6. The molecule has 2 aromatic heterocycles. The van der Waals surface area contributed by atoms with Crippen LogP contribution in [0.5, 0.6) is 0 Å². The zero-order valence-corrected chi connectivity index (χ0v) is 13.4. The van der Waals surface area contributed by atoms with Gasteiger partial charge in [-0.15, -0.1) is 0 Å². The van der Waals surface area contributed by atoms with Gasteiger partial charge in [0.1, 0.15) is 12.4 Å². The van der Waals surface area contributed by atoms with Gasteiger partial charge in [0.15, 0.2) is 11.9 Å². The van der Waals surface area contributed by atoms with Crippen LogP contribution in [0.25, 0.3) is 11.0 Å². The summed E-state index contributed by atoms with van der Waals surface area (Å²) in [6.07, 6.45) is -0.630. The van der Waals surface area contributed by atoms with E-state index in [0.29, 0.717) is 5.65 Å². The van der Waals surface area contributed by atoms with Gasteiger partial charge in [0, 0.05) is 6.42 Å². The van der Waals surface area contributed by atoms with E-state index in [2.05, 4.69) is 19.2 Å². The Morgan fingerprint density at radius 3 is 2.87 bits per heavy atom. The topological polar surface area (TPSA) is 142 Å². The summed E-state index contributed by atoms with van der Waals surface area (Å²) in [6.45, 7) is 3.33. The summed E-state index contributed by atoms with van der Waals surface area (Å²) >= 11 is 0. The average molecular weight is 343 g/mol. The third kappa shape index (κ3) is 3.19. The summed E-state index contributed by atoms with van der Waals surface area (Å²) in [4.78, 5) is 8.36. The van der Waals surface area contributed by atoms with Gasteiger partial charge < -0.3 is 9.84 Å². The van der Waals surface area contributed by atoms with Crippen molar-refractivity contribution in [3.05, 3.63) is 17.7 Å². The summed E-state index contributed by atoms with van der Waals surface area (Å²) in [5.74, 6) is 0. The molecule has 1 aliphatic heterocycles. The predicted octanol–water partition coefficient (Wildman–Crippen LogP) is -0.688. The number of nitrogens with two attached hydrogens (primary N) is 1. The number of fused-ring (bicyclic) bond motifs is 1. The van der Waals surface area contributed by atoms with Gasteiger partial charge in [-0.05, 0) is 13.8 Å². The molecular weight excluding hydrogens is 326 g/mol. The van der Waals surface area contributed by atoms with Crippen molar-refractivity contribution in [1.29, 1.82) is 0 Å². The van der Waals surface area contributed by atoms with E-state index in [1.807, 2.05) is 13.8 Å². The highest BCUT2D eigenvalue weighted by atomic mass is 32.2. The van der Waals surface area contributed by atoms with Gasteiger partial charge in [0.25, 0.3) is 0 Å². The Balaban J connectivity index is 1.85. The Morgan fingerprint density at radius 1 is 1.43 bits per heavy atom. The van der Waals surface area contributed by atoms with Crippen LogP contribution in [-0.2, 0) is 19.2 Å². The molecule has 0 aliphatic carbocycles.